The summed E-state index contributed by atoms with van der Waals surface area (Å²) in [6.45, 7) is 0. The summed E-state index contributed by atoms with van der Waals surface area (Å²) in [7, 11) is 0. The molecule has 0 aliphatic rings. The number of rotatable bonds is 4. The van der Waals surface area contributed by atoms with Crippen LogP contribution in [0.2, 0.25) is 0 Å². The fourth-order valence-corrected chi connectivity index (χ4v) is 1.54. The molecule has 0 fully saturated rings. The van der Waals surface area contributed by atoms with Gasteiger partial charge in [-0.25, -0.2) is 9.18 Å². The number of halogens is 1. The van der Waals surface area contributed by atoms with Crippen LogP contribution in [0.5, 0.6) is 0 Å². The maximum absolute atomic E-state index is 13.5. The second kappa shape index (κ2) is 6.38. The largest absolute Gasteiger partial charge is 0.478 e. The van der Waals surface area contributed by atoms with E-state index in [2.05, 4.69) is 15.5 Å². The molecular formula is C14H10FN3O3. The number of aromatic nitrogens is 2. The van der Waals surface area contributed by atoms with Crippen molar-refractivity contribution < 1.29 is 19.1 Å². The van der Waals surface area contributed by atoms with Crippen molar-refractivity contribution in [2.45, 2.75) is 0 Å². The van der Waals surface area contributed by atoms with E-state index in [0.717, 1.165) is 18.2 Å². The molecule has 2 N–H and O–H groups in total. The lowest BCUT2D eigenvalue weighted by atomic mass is 10.1. The van der Waals surface area contributed by atoms with E-state index in [1.54, 1.807) is 0 Å². The Hall–Kier alpha value is -3.09. The van der Waals surface area contributed by atoms with Gasteiger partial charge in [-0.2, -0.15) is 10.2 Å². The molecule has 21 heavy (non-hydrogen) atoms. The van der Waals surface area contributed by atoms with Crippen molar-refractivity contribution >= 4 is 23.6 Å². The molecular weight excluding hydrogens is 277 g/mol. The zero-order chi connectivity index (χ0) is 15.2. The maximum atomic E-state index is 13.5. The summed E-state index contributed by atoms with van der Waals surface area (Å²) in [6.07, 6.45) is 4.60. The number of nitrogens with zero attached hydrogens (tertiary/aromatic N) is 2. The molecule has 0 atom stereocenters. The van der Waals surface area contributed by atoms with Gasteiger partial charge in [-0.15, -0.1) is 0 Å². The number of aliphatic carboxylic acids is 1. The highest BCUT2D eigenvalue weighted by Gasteiger charge is 2.08. The molecule has 1 aromatic carbocycles. The van der Waals surface area contributed by atoms with Gasteiger partial charge in [0, 0.05) is 17.3 Å². The lowest BCUT2D eigenvalue weighted by Crippen LogP contribution is -2.12. The van der Waals surface area contributed by atoms with Crippen molar-refractivity contribution in [3.63, 3.8) is 0 Å². The fourth-order valence-electron chi connectivity index (χ4n) is 1.54. The van der Waals surface area contributed by atoms with E-state index in [1.165, 1.54) is 30.6 Å². The molecule has 2 aromatic rings. The summed E-state index contributed by atoms with van der Waals surface area (Å²) in [6, 6.07) is 5.33. The van der Waals surface area contributed by atoms with E-state index in [1.807, 2.05) is 0 Å². The Kier molecular flexibility index (Phi) is 4.35. The smallest absolute Gasteiger partial charge is 0.328 e. The third-order valence-electron chi connectivity index (χ3n) is 2.51. The summed E-state index contributed by atoms with van der Waals surface area (Å²) in [4.78, 5) is 22.3. The Bertz CT molecular complexity index is 702. The highest BCUT2D eigenvalue weighted by molar-refractivity contribution is 6.04. The minimum Gasteiger partial charge on any atom is -0.478 e. The van der Waals surface area contributed by atoms with Gasteiger partial charge in [-0.1, -0.05) is 0 Å². The van der Waals surface area contributed by atoms with Crippen LogP contribution >= 0.6 is 0 Å². The SMILES string of the molecule is O=C(O)/C=C/c1cc(NC(=O)c2ccnnc2)ccc1F. The molecule has 0 saturated carbocycles. The molecule has 6 nitrogen and oxygen atoms in total. The summed E-state index contributed by atoms with van der Waals surface area (Å²) >= 11 is 0. The van der Waals surface area contributed by atoms with Gasteiger partial charge in [0.05, 0.1) is 18.0 Å². The minimum absolute atomic E-state index is 0.0584. The lowest BCUT2D eigenvalue weighted by molar-refractivity contribution is -0.131. The molecule has 0 bridgehead atoms. The molecule has 0 unspecified atom stereocenters. The Labute approximate surface area is 118 Å². The quantitative estimate of drug-likeness (QED) is 0.839. The number of carboxylic acid groups (broad SMARTS) is 1. The van der Waals surface area contributed by atoms with Gasteiger partial charge >= 0.3 is 5.97 Å². The first-order valence-electron chi connectivity index (χ1n) is 5.85. The molecule has 1 amide bonds. The van der Waals surface area contributed by atoms with Crippen molar-refractivity contribution in [2.75, 3.05) is 5.32 Å². The van der Waals surface area contributed by atoms with E-state index in [4.69, 9.17) is 5.11 Å². The molecule has 0 aliphatic heterocycles. The number of hydrogen-bond donors (Lipinski definition) is 2. The minimum atomic E-state index is -1.19. The molecule has 1 aromatic heterocycles. The van der Waals surface area contributed by atoms with Gasteiger partial charge in [0.1, 0.15) is 5.82 Å². The molecule has 0 spiro atoms. The van der Waals surface area contributed by atoms with Gasteiger partial charge in [0.15, 0.2) is 0 Å². The van der Waals surface area contributed by atoms with Gasteiger partial charge in [0.2, 0.25) is 0 Å². The van der Waals surface area contributed by atoms with E-state index in [0.29, 0.717) is 11.3 Å². The van der Waals surface area contributed by atoms with Crippen molar-refractivity contribution in [3.8, 4) is 0 Å². The number of carboxylic acids is 1. The number of carbonyl (C=O) groups excluding carboxylic acids is 1. The topological polar surface area (TPSA) is 92.2 Å². The number of amides is 1. The van der Waals surface area contributed by atoms with Crippen LogP contribution in [0.15, 0.2) is 42.7 Å². The first-order chi connectivity index (χ1) is 10.1. The summed E-state index contributed by atoms with van der Waals surface area (Å²) in [5, 5.41) is 18.2. The van der Waals surface area contributed by atoms with Crippen LogP contribution in [-0.2, 0) is 4.79 Å². The van der Waals surface area contributed by atoms with Gasteiger partial charge in [-0.3, -0.25) is 4.79 Å². The molecule has 0 saturated heterocycles. The third-order valence-corrected chi connectivity index (χ3v) is 2.51. The number of hydrogen-bond acceptors (Lipinski definition) is 4. The predicted octanol–water partition coefficient (Wildman–Crippen LogP) is 1.97. The Balaban J connectivity index is 2.19. The predicted molar refractivity (Wildman–Crippen MR) is 73.1 cm³/mol. The molecule has 2 rings (SSSR count). The van der Waals surface area contributed by atoms with Gasteiger partial charge in [-0.05, 0) is 30.3 Å². The standard InChI is InChI=1S/C14H10FN3O3/c15-12-3-2-11(7-9(12)1-4-13(19)20)18-14(21)10-5-6-16-17-8-10/h1-8H,(H,18,21)(H,19,20)/b4-1+. The van der Waals surface area contributed by atoms with Gasteiger partial charge < -0.3 is 10.4 Å². The fraction of sp³-hybridized carbons (Fsp3) is 0. The zero-order valence-electron chi connectivity index (χ0n) is 10.7. The van der Waals surface area contributed by atoms with Crippen molar-refractivity contribution in [3.05, 3.63) is 59.7 Å². The monoisotopic (exact) mass is 287 g/mol. The van der Waals surface area contributed by atoms with Crippen LogP contribution in [0.1, 0.15) is 15.9 Å². The van der Waals surface area contributed by atoms with E-state index in [-0.39, 0.29) is 5.56 Å². The summed E-state index contributed by atoms with van der Waals surface area (Å²) in [5.74, 6) is -2.20. The van der Waals surface area contributed by atoms with E-state index in [9.17, 15) is 14.0 Å². The number of anilines is 1. The number of benzene rings is 1. The second-order valence-electron chi connectivity index (χ2n) is 3.99. The van der Waals surface area contributed by atoms with Crippen molar-refractivity contribution in [1.82, 2.24) is 10.2 Å². The van der Waals surface area contributed by atoms with Crippen LogP contribution in [-0.4, -0.2) is 27.2 Å². The molecule has 106 valence electrons. The van der Waals surface area contributed by atoms with Crippen LogP contribution in [0, 0.1) is 5.82 Å². The van der Waals surface area contributed by atoms with Crippen molar-refractivity contribution in [1.29, 1.82) is 0 Å². The number of nitrogens with one attached hydrogen (secondary N) is 1. The van der Waals surface area contributed by atoms with Crippen LogP contribution in [0.25, 0.3) is 6.08 Å². The Morgan fingerprint density at radius 3 is 2.71 bits per heavy atom. The molecule has 1 heterocycles. The lowest BCUT2D eigenvalue weighted by Gasteiger charge is -2.06. The van der Waals surface area contributed by atoms with Crippen molar-refractivity contribution in [2.24, 2.45) is 0 Å². The molecule has 0 aliphatic carbocycles. The first-order valence-corrected chi connectivity index (χ1v) is 5.85. The Morgan fingerprint density at radius 2 is 2.05 bits per heavy atom. The highest BCUT2D eigenvalue weighted by Crippen LogP contribution is 2.17. The van der Waals surface area contributed by atoms with Gasteiger partial charge in [0.25, 0.3) is 5.91 Å². The molecule has 0 radical (unpaired) electrons. The Morgan fingerprint density at radius 1 is 1.24 bits per heavy atom. The number of carbonyl (C=O) groups is 2. The summed E-state index contributed by atoms with van der Waals surface area (Å²) < 4.78 is 13.5. The summed E-state index contributed by atoms with van der Waals surface area (Å²) in [5.41, 5.74) is 0.697. The maximum Gasteiger partial charge on any atom is 0.328 e. The highest BCUT2D eigenvalue weighted by atomic mass is 19.1. The van der Waals surface area contributed by atoms with E-state index >= 15 is 0 Å². The normalized spacial score (nSPS) is 10.5. The van der Waals surface area contributed by atoms with Crippen LogP contribution in [0.3, 0.4) is 0 Å². The zero-order valence-corrected chi connectivity index (χ0v) is 10.7. The average Bonchev–Trinajstić information content (AvgIpc) is 2.48. The second-order valence-corrected chi connectivity index (χ2v) is 3.99. The third kappa shape index (κ3) is 3.93. The average molecular weight is 287 g/mol. The van der Waals surface area contributed by atoms with Crippen LogP contribution in [0.4, 0.5) is 10.1 Å². The van der Waals surface area contributed by atoms with E-state index < -0.39 is 17.7 Å². The molecule has 7 heteroatoms. The first kappa shape index (κ1) is 14.3. The van der Waals surface area contributed by atoms with Crippen LogP contribution < -0.4 is 5.32 Å².